The van der Waals surface area contributed by atoms with Gasteiger partial charge in [-0.3, -0.25) is 0 Å². The van der Waals surface area contributed by atoms with Gasteiger partial charge in [0.15, 0.2) is 5.82 Å². The predicted octanol–water partition coefficient (Wildman–Crippen LogP) is 4.32. The second-order valence-electron chi connectivity index (χ2n) is 4.06. The number of benzene rings is 1. The summed E-state index contributed by atoms with van der Waals surface area (Å²) in [6.45, 7) is 1.88. The van der Waals surface area contributed by atoms with Crippen LogP contribution in [0, 0.1) is 18.3 Å². The molecule has 0 saturated carbocycles. The Labute approximate surface area is 126 Å². The van der Waals surface area contributed by atoms with Gasteiger partial charge in [-0.15, -0.1) is 0 Å². The largest absolute Gasteiger partial charge is 0.495 e. The average Bonchev–Trinajstić information content (AvgIpc) is 2.44. The van der Waals surface area contributed by atoms with Crippen LogP contribution in [0.1, 0.15) is 11.1 Å². The van der Waals surface area contributed by atoms with Crippen LogP contribution in [0.2, 0.25) is 10.0 Å². The molecule has 1 heterocycles. The van der Waals surface area contributed by atoms with Crippen molar-refractivity contribution in [3.05, 3.63) is 45.6 Å². The van der Waals surface area contributed by atoms with E-state index in [0.717, 1.165) is 5.56 Å². The lowest BCUT2D eigenvalue weighted by atomic mass is 10.2. The molecular formula is C14H11Cl2N3O. The van der Waals surface area contributed by atoms with Gasteiger partial charge in [0.05, 0.1) is 18.4 Å². The van der Waals surface area contributed by atoms with Crippen LogP contribution >= 0.6 is 23.2 Å². The normalized spacial score (nSPS) is 9.95. The highest BCUT2D eigenvalue weighted by molar-refractivity contribution is 6.34. The van der Waals surface area contributed by atoms with Crippen LogP contribution in [-0.4, -0.2) is 12.1 Å². The zero-order valence-electron chi connectivity index (χ0n) is 10.9. The van der Waals surface area contributed by atoms with E-state index in [1.165, 1.54) is 6.20 Å². The third-order valence-corrected chi connectivity index (χ3v) is 3.53. The van der Waals surface area contributed by atoms with E-state index < -0.39 is 0 Å². The summed E-state index contributed by atoms with van der Waals surface area (Å²) in [7, 11) is 1.55. The monoisotopic (exact) mass is 307 g/mol. The van der Waals surface area contributed by atoms with Crippen LogP contribution in [0.15, 0.2) is 24.4 Å². The second-order valence-corrected chi connectivity index (χ2v) is 4.84. The summed E-state index contributed by atoms with van der Waals surface area (Å²) in [5, 5.41) is 12.9. The van der Waals surface area contributed by atoms with E-state index in [1.54, 1.807) is 19.2 Å². The first-order valence-electron chi connectivity index (χ1n) is 5.72. The highest BCUT2D eigenvalue weighted by Crippen LogP contribution is 2.34. The molecule has 1 aromatic heterocycles. The number of aryl methyl sites for hydroxylation is 1. The summed E-state index contributed by atoms with van der Waals surface area (Å²) in [4.78, 5) is 4.13. The molecular weight excluding hydrogens is 297 g/mol. The van der Waals surface area contributed by atoms with Crippen molar-refractivity contribution >= 4 is 34.7 Å². The quantitative estimate of drug-likeness (QED) is 0.917. The molecule has 0 spiro atoms. The molecule has 102 valence electrons. The Morgan fingerprint density at radius 1 is 1.35 bits per heavy atom. The molecule has 0 atom stereocenters. The van der Waals surface area contributed by atoms with Crippen molar-refractivity contribution in [1.82, 2.24) is 4.98 Å². The van der Waals surface area contributed by atoms with Crippen LogP contribution in [0.25, 0.3) is 0 Å². The fourth-order valence-electron chi connectivity index (χ4n) is 1.67. The minimum Gasteiger partial charge on any atom is -0.495 e. The number of anilines is 2. The van der Waals surface area contributed by atoms with Crippen molar-refractivity contribution in [2.45, 2.75) is 6.92 Å². The van der Waals surface area contributed by atoms with Crippen molar-refractivity contribution in [2.75, 3.05) is 12.4 Å². The lowest BCUT2D eigenvalue weighted by Gasteiger charge is -2.13. The van der Waals surface area contributed by atoms with Gasteiger partial charge in [-0.1, -0.05) is 23.2 Å². The SMILES string of the molecule is COc1cc(Cl)c(C)cc1Nc1nccc(C#N)c1Cl. The molecule has 6 heteroatoms. The van der Waals surface area contributed by atoms with Crippen LogP contribution in [0.5, 0.6) is 5.75 Å². The van der Waals surface area contributed by atoms with E-state index in [1.807, 2.05) is 19.1 Å². The second kappa shape index (κ2) is 6.00. The molecule has 1 N–H and O–H groups in total. The molecule has 0 aliphatic carbocycles. The number of aromatic nitrogens is 1. The van der Waals surface area contributed by atoms with Gasteiger partial charge in [-0.25, -0.2) is 4.98 Å². The molecule has 0 aliphatic rings. The minimum absolute atomic E-state index is 0.268. The summed E-state index contributed by atoms with van der Waals surface area (Å²) in [5.74, 6) is 0.964. The first-order valence-corrected chi connectivity index (χ1v) is 6.48. The average molecular weight is 308 g/mol. The molecule has 0 unspecified atom stereocenters. The number of nitriles is 1. The van der Waals surface area contributed by atoms with Crippen LogP contribution < -0.4 is 10.1 Å². The number of nitrogens with zero attached hydrogens (tertiary/aromatic N) is 2. The molecule has 0 bridgehead atoms. The summed E-state index contributed by atoms with van der Waals surface area (Å²) in [6.07, 6.45) is 1.52. The maximum absolute atomic E-state index is 8.96. The van der Waals surface area contributed by atoms with Crippen LogP contribution in [-0.2, 0) is 0 Å². The Morgan fingerprint density at radius 2 is 2.10 bits per heavy atom. The fourth-order valence-corrected chi connectivity index (χ4v) is 2.03. The van der Waals surface area contributed by atoms with E-state index >= 15 is 0 Å². The first-order chi connectivity index (χ1) is 9.56. The maximum Gasteiger partial charge on any atom is 0.150 e. The fraction of sp³-hybridized carbons (Fsp3) is 0.143. The number of hydrogen-bond donors (Lipinski definition) is 1. The van der Waals surface area contributed by atoms with E-state index in [2.05, 4.69) is 10.3 Å². The highest BCUT2D eigenvalue weighted by atomic mass is 35.5. The number of hydrogen-bond acceptors (Lipinski definition) is 4. The van der Waals surface area contributed by atoms with Gasteiger partial charge in [0.2, 0.25) is 0 Å². The summed E-state index contributed by atoms with van der Waals surface area (Å²) in [5.41, 5.74) is 1.93. The van der Waals surface area contributed by atoms with Crippen LogP contribution in [0.4, 0.5) is 11.5 Å². The zero-order chi connectivity index (χ0) is 14.7. The van der Waals surface area contributed by atoms with Crippen molar-refractivity contribution in [3.63, 3.8) is 0 Å². The third kappa shape index (κ3) is 2.79. The standard InChI is InChI=1S/C14H11Cl2N3O/c1-8-5-11(12(20-2)6-10(8)15)19-14-13(16)9(7-17)3-4-18-14/h3-6H,1-2H3,(H,18,19). The molecule has 0 amide bonds. The lowest BCUT2D eigenvalue weighted by Crippen LogP contribution is -1.99. The molecule has 2 aromatic rings. The number of halogens is 2. The molecule has 0 fully saturated rings. The van der Waals surface area contributed by atoms with Gasteiger partial charge in [0, 0.05) is 17.3 Å². The smallest absolute Gasteiger partial charge is 0.150 e. The van der Waals surface area contributed by atoms with Gasteiger partial charge in [-0.05, 0) is 24.6 Å². The molecule has 0 aliphatic heterocycles. The predicted molar refractivity (Wildman–Crippen MR) is 80.0 cm³/mol. The Kier molecular flexibility index (Phi) is 4.33. The van der Waals surface area contributed by atoms with E-state index in [9.17, 15) is 0 Å². The summed E-state index contributed by atoms with van der Waals surface area (Å²) < 4.78 is 5.27. The topological polar surface area (TPSA) is 57.9 Å². The minimum atomic E-state index is 0.268. The highest BCUT2D eigenvalue weighted by Gasteiger charge is 2.11. The van der Waals surface area contributed by atoms with Crippen molar-refractivity contribution in [1.29, 1.82) is 5.26 Å². The number of rotatable bonds is 3. The Morgan fingerprint density at radius 3 is 2.75 bits per heavy atom. The lowest BCUT2D eigenvalue weighted by molar-refractivity contribution is 0.416. The van der Waals surface area contributed by atoms with Gasteiger partial charge in [0.1, 0.15) is 16.8 Å². The Bertz CT molecular complexity index is 696. The third-order valence-electron chi connectivity index (χ3n) is 2.74. The number of pyridine rings is 1. The summed E-state index contributed by atoms with van der Waals surface area (Å²) >= 11 is 12.2. The van der Waals surface area contributed by atoms with Crippen LogP contribution in [0.3, 0.4) is 0 Å². The molecule has 0 saturated heterocycles. The van der Waals surface area contributed by atoms with Crippen molar-refractivity contribution in [3.8, 4) is 11.8 Å². The molecule has 20 heavy (non-hydrogen) atoms. The Balaban J connectivity index is 2.45. The maximum atomic E-state index is 8.96. The van der Waals surface area contributed by atoms with Crippen molar-refractivity contribution < 1.29 is 4.74 Å². The molecule has 4 nitrogen and oxygen atoms in total. The number of ether oxygens (including phenoxy) is 1. The molecule has 1 aromatic carbocycles. The molecule has 0 radical (unpaired) electrons. The van der Waals surface area contributed by atoms with E-state index in [4.69, 9.17) is 33.2 Å². The van der Waals surface area contributed by atoms with Gasteiger partial charge >= 0.3 is 0 Å². The molecule has 2 rings (SSSR count). The van der Waals surface area contributed by atoms with Gasteiger partial charge < -0.3 is 10.1 Å². The van der Waals surface area contributed by atoms with E-state index in [-0.39, 0.29) is 5.02 Å². The number of methoxy groups -OCH3 is 1. The van der Waals surface area contributed by atoms with Gasteiger partial charge in [-0.2, -0.15) is 5.26 Å². The summed E-state index contributed by atoms with van der Waals surface area (Å²) in [6, 6.07) is 7.10. The van der Waals surface area contributed by atoms with E-state index in [0.29, 0.717) is 27.8 Å². The van der Waals surface area contributed by atoms with Crippen molar-refractivity contribution in [2.24, 2.45) is 0 Å². The van der Waals surface area contributed by atoms with Gasteiger partial charge in [0.25, 0.3) is 0 Å². The first kappa shape index (κ1) is 14.4. The number of nitrogens with one attached hydrogen (secondary N) is 1. The zero-order valence-corrected chi connectivity index (χ0v) is 12.4. The Hall–Kier alpha value is -1.96.